The molecule has 1 aliphatic rings. The van der Waals surface area contributed by atoms with Crippen LogP contribution in [0.15, 0.2) is 42.5 Å². The van der Waals surface area contributed by atoms with Crippen LogP contribution in [0.2, 0.25) is 0 Å². The Labute approximate surface area is 168 Å². The highest BCUT2D eigenvalue weighted by molar-refractivity contribution is 7.22. The number of aryl methyl sites for hydroxylation is 1. The van der Waals surface area contributed by atoms with Gasteiger partial charge in [0.1, 0.15) is 5.75 Å². The minimum Gasteiger partial charge on any atom is -0.481 e. The second kappa shape index (κ2) is 8.16. The number of amides is 1. The number of carbonyl (C=O) groups excluding carboxylic acids is 1. The number of ether oxygens (including phenoxy) is 2. The Kier molecular flexibility index (Phi) is 5.45. The molecule has 1 N–H and O–H groups in total. The molecule has 146 valence electrons. The molecule has 0 bridgehead atoms. The molecule has 0 saturated carbocycles. The number of rotatable bonds is 5. The number of anilines is 2. The summed E-state index contributed by atoms with van der Waals surface area (Å²) in [6.45, 7) is 6.92. The molecular weight excluding hydrogens is 374 g/mol. The Morgan fingerprint density at radius 3 is 2.86 bits per heavy atom. The van der Waals surface area contributed by atoms with Crippen molar-refractivity contribution in [1.82, 2.24) is 4.98 Å². The predicted molar refractivity (Wildman–Crippen MR) is 113 cm³/mol. The van der Waals surface area contributed by atoms with Crippen molar-refractivity contribution in [3.05, 3.63) is 48.0 Å². The lowest BCUT2D eigenvalue weighted by molar-refractivity contribution is -0.122. The summed E-state index contributed by atoms with van der Waals surface area (Å²) >= 11 is 1.63. The van der Waals surface area contributed by atoms with Gasteiger partial charge < -0.3 is 19.7 Å². The normalized spacial score (nSPS) is 15.4. The maximum Gasteiger partial charge on any atom is 0.265 e. The third-order valence-electron chi connectivity index (χ3n) is 4.60. The first-order chi connectivity index (χ1) is 13.6. The van der Waals surface area contributed by atoms with E-state index in [0.717, 1.165) is 52.9 Å². The minimum absolute atomic E-state index is 0.182. The van der Waals surface area contributed by atoms with Crippen molar-refractivity contribution in [2.24, 2.45) is 0 Å². The van der Waals surface area contributed by atoms with E-state index in [0.29, 0.717) is 5.75 Å². The molecule has 1 fully saturated rings. The van der Waals surface area contributed by atoms with Crippen LogP contribution in [0.3, 0.4) is 0 Å². The lowest BCUT2D eigenvalue weighted by Gasteiger charge is -2.25. The summed E-state index contributed by atoms with van der Waals surface area (Å²) in [6.07, 6.45) is -0.595. The number of thiazole rings is 1. The molecule has 0 aliphatic carbocycles. The average Bonchev–Trinajstić information content (AvgIpc) is 3.12. The van der Waals surface area contributed by atoms with Crippen LogP contribution in [0.1, 0.15) is 12.5 Å². The Hall–Kier alpha value is -2.64. The van der Waals surface area contributed by atoms with Crippen molar-refractivity contribution in [2.75, 3.05) is 36.5 Å². The molecule has 4 rings (SSSR count). The van der Waals surface area contributed by atoms with Gasteiger partial charge in [0.15, 0.2) is 11.2 Å². The van der Waals surface area contributed by atoms with E-state index in [2.05, 4.69) is 10.2 Å². The smallest absolute Gasteiger partial charge is 0.265 e. The quantitative estimate of drug-likeness (QED) is 0.709. The van der Waals surface area contributed by atoms with Gasteiger partial charge in [-0.2, -0.15) is 0 Å². The van der Waals surface area contributed by atoms with Crippen LogP contribution in [0.4, 0.5) is 10.8 Å². The SMILES string of the molecule is Cc1cccc(O[C@H](C)C(=O)Nc2ccc3nc(N4CCOCC4)sc3c2)c1. The minimum atomic E-state index is -0.595. The Bertz CT molecular complexity index is 982. The first-order valence-corrected chi connectivity index (χ1v) is 10.2. The van der Waals surface area contributed by atoms with Gasteiger partial charge in [0.2, 0.25) is 0 Å². The van der Waals surface area contributed by atoms with E-state index in [-0.39, 0.29) is 5.91 Å². The van der Waals surface area contributed by atoms with Gasteiger partial charge in [0.25, 0.3) is 5.91 Å². The molecule has 28 heavy (non-hydrogen) atoms. The molecule has 1 atom stereocenters. The van der Waals surface area contributed by atoms with Crippen molar-refractivity contribution in [2.45, 2.75) is 20.0 Å². The van der Waals surface area contributed by atoms with Crippen LogP contribution in [0.25, 0.3) is 10.2 Å². The lowest BCUT2D eigenvalue weighted by Crippen LogP contribution is -2.36. The van der Waals surface area contributed by atoms with E-state index in [1.54, 1.807) is 18.3 Å². The van der Waals surface area contributed by atoms with Crippen LogP contribution in [0.5, 0.6) is 5.75 Å². The first-order valence-electron chi connectivity index (χ1n) is 9.36. The number of nitrogens with one attached hydrogen (secondary N) is 1. The summed E-state index contributed by atoms with van der Waals surface area (Å²) in [6, 6.07) is 13.5. The topological polar surface area (TPSA) is 63.7 Å². The standard InChI is InChI=1S/C21H23N3O3S/c1-14-4-3-5-17(12-14)27-15(2)20(25)22-16-6-7-18-19(13-16)28-21(23-18)24-8-10-26-11-9-24/h3-7,12-13,15H,8-11H2,1-2H3,(H,22,25)/t15-/m1/s1. The lowest BCUT2D eigenvalue weighted by atomic mass is 10.2. The molecule has 1 aliphatic heterocycles. The highest BCUT2D eigenvalue weighted by Crippen LogP contribution is 2.31. The Morgan fingerprint density at radius 2 is 2.07 bits per heavy atom. The second-order valence-electron chi connectivity index (χ2n) is 6.84. The van der Waals surface area contributed by atoms with Crippen molar-refractivity contribution in [3.8, 4) is 5.75 Å². The van der Waals surface area contributed by atoms with Crippen molar-refractivity contribution >= 4 is 38.3 Å². The number of hydrogen-bond donors (Lipinski definition) is 1. The maximum absolute atomic E-state index is 12.5. The summed E-state index contributed by atoms with van der Waals surface area (Å²) in [7, 11) is 0. The number of carbonyl (C=O) groups is 1. The molecule has 0 spiro atoms. The van der Waals surface area contributed by atoms with Crippen LogP contribution < -0.4 is 15.0 Å². The van der Waals surface area contributed by atoms with Gasteiger partial charge in [-0.05, 0) is 49.7 Å². The fraction of sp³-hybridized carbons (Fsp3) is 0.333. The van der Waals surface area contributed by atoms with E-state index in [9.17, 15) is 4.79 Å². The van der Waals surface area contributed by atoms with E-state index < -0.39 is 6.10 Å². The van der Waals surface area contributed by atoms with Crippen molar-refractivity contribution in [1.29, 1.82) is 0 Å². The number of benzene rings is 2. The van der Waals surface area contributed by atoms with Gasteiger partial charge in [-0.15, -0.1) is 0 Å². The van der Waals surface area contributed by atoms with Crippen molar-refractivity contribution < 1.29 is 14.3 Å². The molecule has 1 saturated heterocycles. The van der Waals surface area contributed by atoms with E-state index >= 15 is 0 Å². The van der Waals surface area contributed by atoms with Crippen molar-refractivity contribution in [3.63, 3.8) is 0 Å². The number of hydrogen-bond acceptors (Lipinski definition) is 6. The third kappa shape index (κ3) is 4.26. The number of morpholine rings is 1. The van der Waals surface area contributed by atoms with E-state index in [4.69, 9.17) is 14.5 Å². The highest BCUT2D eigenvalue weighted by Gasteiger charge is 2.17. The average molecular weight is 398 g/mol. The fourth-order valence-electron chi connectivity index (χ4n) is 3.07. The summed E-state index contributed by atoms with van der Waals surface area (Å²) < 4.78 is 12.2. The zero-order valence-electron chi connectivity index (χ0n) is 16.0. The van der Waals surface area contributed by atoms with E-state index in [1.165, 1.54) is 0 Å². The Morgan fingerprint density at radius 1 is 1.25 bits per heavy atom. The summed E-state index contributed by atoms with van der Waals surface area (Å²) in [4.78, 5) is 19.5. The number of aromatic nitrogens is 1. The van der Waals surface area contributed by atoms with Crippen LogP contribution >= 0.6 is 11.3 Å². The second-order valence-corrected chi connectivity index (χ2v) is 7.85. The zero-order valence-corrected chi connectivity index (χ0v) is 16.8. The van der Waals surface area contributed by atoms with Crippen LogP contribution in [0, 0.1) is 6.92 Å². The zero-order chi connectivity index (χ0) is 19.5. The molecule has 6 nitrogen and oxygen atoms in total. The molecule has 0 unspecified atom stereocenters. The number of fused-ring (bicyclic) bond motifs is 1. The molecule has 1 amide bonds. The predicted octanol–water partition coefficient (Wildman–Crippen LogP) is 3.85. The molecular formula is C21H23N3O3S. The first kappa shape index (κ1) is 18.7. The summed E-state index contributed by atoms with van der Waals surface area (Å²) in [5.41, 5.74) is 2.78. The molecule has 7 heteroatoms. The molecule has 3 aromatic rings. The monoisotopic (exact) mass is 397 g/mol. The van der Waals surface area contributed by atoms with Gasteiger partial charge in [-0.25, -0.2) is 4.98 Å². The van der Waals surface area contributed by atoms with Crippen LogP contribution in [-0.2, 0) is 9.53 Å². The fourth-order valence-corrected chi connectivity index (χ4v) is 4.13. The summed E-state index contributed by atoms with van der Waals surface area (Å²) in [5.74, 6) is 0.509. The van der Waals surface area contributed by atoms with Gasteiger partial charge in [-0.3, -0.25) is 4.79 Å². The van der Waals surface area contributed by atoms with Gasteiger partial charge in [0, 0.05) is 18.8 Å². The highest BCUT2D eigenvalue weighted by atomic mass is 32.1. The molecule has 2 heterocycles. The maximum atomic E-state index is 12.5. The molecule has 2 aromatic carbocycles. The summed E-state index contributed by atoms with van der Waals surface area (Å²) in [5, 5.41) is 3.94. The molecule has 0 radical (unpaired) electrons. The van der Waals surface area contributed by atoms with Crippen LogP contribution in [-0.4, -0.2) is 43.3 Å². The molecule has 1 aromatic heterocycles. The third-order valence-corrected chi connectivity index (χ3v) is 5.68. The van der Waals surface area contributed by atoms with Gasteiger partial charge in [0.05, 0.1) is 23.4 Å². The van der Waals surface area contributed by atoms with E-state index in [1.807, 2.05) is 49.4 Å². The van der Waals surface area contributed by atoms with Gasteiger partial charge in [-0.1, -0.05) is 23.5 Å². The largest absolute Gasteiger partial charge is 0.481 e. The number of nitrogens with zero attached hydrogens (tertiary/aromatic N) is 2. The van der Waals surface area contributed by atoms with Gasteiger partial charge >= 0.3 is 0 Å². The Balaban J connectivity index is 1.44.